The molecule has 1 N–H and O–H groups in total. The highest BCUT2D eigenvalue weighted by atomic mass is 35.5. The van der Waals surface area contributed by atoms with Crippen LogP contribution in [0, 0.1) is 12.7 Å². The predicted octanol–water partition coefficient (Wildman–Crippen LogP) is 4.68. The van der Waals surface area contributed by atoms with Crippen molar-refractivity contribution in [1.29, 1.82) is 0 Å². The molecule has 1 aliphatic rings. The molecule has 1 saturated heterocycles. The molecule has 1 heterocycles. The molecule has 0 unspecified atom stereocenters. The third kappa shape index (κ3) is 4.72. The van der Waals surface area contributed by atoms with Crippen LogP contribution in [0.15, 0.2) is 36.4 Å². The van der Waals surface area contributed by atoms with Gasteiger partial charge in [-0.3, -0.25) is 4.90 Å². The highest BCUT2D eigenvalue weighted by Crippen LogP contribution is 2.37. The van der Waals surface area contributed by atoms with Crippen LogP contribution in [0.5, 0.6) is 5.75 Å². The second-order valence-corrected chi connectivity index (χ2v) is 6.80. The lowest BCUT2D eigenvalue weighted by Crippen LogP contribution is -2.45. The van der Waals surface area contributed by atoms with E-state index in [4.69, 9.17) is 11.6 Å². The zero-order chi connectivity index (χ0) is 19.6. The van der Waals surface area contributed by atoms with Crippen molar-refractivity contribution in [2.24, 2.45) is 0 Å². The number of piperazine rings is 1. The van der Waals surface area contributed by atoms with Crippen LogP contribution < -0.4 is 10.1 Å². The van der Waals surface area contributed by atoms with E-state index in [1.54, 1.807) is 19.1 Å². The molecule has 1 fully saturated rings. The molecule has 2 aromatic rings. The van der Waals surface area contributed by atoms with Gasteiger partial charge in [0.05, 0.1) is 6.04 Å². The Morgan fingerprint density at radius 2 is 1.70 bits per heavy atom. The molecule has 146 valence electrons. The molecule has 0 bridgehead atoms. The molecule has 0 saturated carbocycles. The van der Waals surface area contributed by atoms with Gasteiger partial charge in [0.15, 0.2) is 0 Å². The average Bonchev–Trinajstić information content (AvgIpc) is 2.62. The second kappa shape index (κ2) is 8.04. The van der Waals surface area contributed by atoms with Crippen molar-refractivity contribution in [3.05, 3.63) is 63.9 Å². The number of nitrogens with one attached hydrogen (secondary N) is 1. The molecule has 8 heteroatoms. The van der Waals surface area contributed by atoms with E-state index in [0.29, 0.717) is 29.8 Å². The number of benzene rings is 2. The maximum Gasteiger partial charge on any atom is 0.573 e. The number of alkyl halides is 3. The molecule has 3 nitrogen and oxygen atoms in total. The normalized spacial score (nSPS) is 17.0. The van der Waals surface area contributed by atoms with Crippen LogP contribution in [0.2, 0.25) is 5.02 Å². The van der Waals surface area contributed by atoms with Crippen molar-refractivity contribution in [2.45, 2.75) is 19.3 Å². The molecular weight excluding hydrogens is 384 g/mol. The standard InChI is InChI=1S/C19H19ClF4N2O/c1-12-2-7-15(20)16(17(12)21)18(26-10-8-25-9-11-26)13-3-5-14(6-4-13)27-19(22,23)24/h2-7,18,25H,8-11H2,1H3/t18-/m0/s1. The Balaban J connectivity index is 2.02. The molecule has 0 amide bonds. The Bertz CT molecular complexity index is 790. The number of nitrogens with zero attached hydrogens (tertiary/aromatic N) is 1. The SMILES string of the molecule is Cc1ccc(Cl)c([C@H](c2ccc(OC(F)(F)F)cc2)N2CCNCC2)c1F. The number of hydrogen-bond donors (Lipinski definition) is 1. The van der Waals surface area contributed by atoms with Crippen LogP contribution in [0.4, 0.5) is 17.6 Å². The van der Waals surface area contributed by atoms with Crippen molar-refractivity contribution in [2.75, 3.05) is 26.2 Å². The van der Waals surface area contributed by atoms with Crippen molar-refractivity contribution in [3.8, 4) is 5.75 Å². The van der Waals surface area contributed by atoms with Crippen LogP contribution >= 0.6 is 11.6 Å². The van der Waals surface area contributed by atoms with Crippen molar-refractivity contribution in [3.63, 3.8) is 0 Å². The summed E-state index contributed by atoms with van der Waals surface area (Å²) >= 11 is 6.33. The summed E-state index contributed by atoms with van der Waals surface area (Å²) in [5, 5.41) is 3.52. The number of hydrogen-bond acceptors (Lipinski definition) is 3. The van der Waals surface area contributed by atoms with E-state index in [1.807, 2.05) is 0 Å². The van der Waals surface area contributed by atoms with Gasteiger partial charge < -0.3 is 10.1 Å². The number of halogens is 5. The van der Waals surface area contributed by atoms with Crippen LogP contribution in [-0.2, 0) is 0 Å². The monoisotopic (exact) mass is 402 g/mol. The fourth-order valence-corrected chi connectivity index (χ4v) is 3.53. The summed E-state index contributed by atoms with van der Waals surface area (Å²) < 4.78 is 56.1. The minimum atomic E-state index is -4.76. The van der Waals surface area contributed by atoms with E-state index in [2.05, 4.69) is 15.0 Å². The Labute approximate surface area is 159 Å². The zero-order valence-corrected chi connectivity index (χ0v) is 15.4. The van der Waals surface area contributed by atoms with E-state index in [9.17, 15) is 17.6 Å². The first-order chi connectivity index (χ1) is 12.8. The highest BCUT2D eigenvalue weighted by molar-refractivity contribution is 6.31. The first-order valence-electron chi connectivity index (χ1n) is 8.51. The van der Waals surface area contributed by atoms with E-state index in [0.717, 1.165) is 13.1 Å². The molecular formula is C19H19ClF4N2O. The third-order valence-corrected chi connectivity index (χ3v) is 4.87. The molecule has 0 spiro atoms. The Kier molecular flexibility index (Phi) is 5.93. The van der Waals surface area contributed by atoms with Gasteiger partial charge >= 0.3 is 6.36 Å². The summed E-state index contributed by atoms with van der Waals surface area (Å²) in [6, 6.07) is 8.26. The maximum atomic E-state index is 15.0. The van der Waals surface area contributed by atoms with Gasteiger partial charge in [-0.1, -0.05) is 29.8 Å². The molecule has 27 heavy (non-hydrogen) atoms. The Hall–Kier alpha value is -1.83. The summed E-state index contributed by atoms with van der Waals surface area (Å²) in [7, 11) is 0. The van der Waals surface area contributed by atoms with Gasteiger partial charge in [-0.05, 0) is 36.2 Å². The molecule has 1 atom stereocenters. The Morgan fingerprint density at radius 1 is 1.07 bits per heavy atom. The fraction of sp³-hybridized carbons (Fsp3) is 0.368. The first kappa shape index (κ1) is 19.9. The van der Waals surface area contributed by atoms with Gasteiger partial charge in [-0.25, -0.2) is 4.39 Å². The molecule has 3 rings (SSSR count). The first-order valence-corrected chi connectivity index (χ1v) is 8.89. The zero-order valence-electron chi connectivity index (χ0n) is 14.6. The van der Waals surface area contributed by atoms with E-state index in [-0.39, 0.29) is 10.8 Å². The molecule has 2 aromatic carbocycles. The van der Waals surface area contributed by atoms with Gasteiger partial charge in [0.2, 0.25) is 0 Å². The number of aryl methyl sites for hydroxylation is 1. The lowest BCUT2D eigenvalue weighted by Gasteiger charge is -2.36. The Morgan fingerprint density at radius 3 is 2.30 bits per heavy atom. The number of rotatable bonds is 4. The smallest absolute Gasteiger partial charge is 0.406 e. The van der Waals surface area contributed by atoms with Crippen molar-refractivity contribution in [1.82, 2.24) is 10.2 Å². The molecule has 1 aliphatic heterocycles. The summed E-state index contributed by atoms with van der Waals surface area (Å²) in [4.78, 5) is 2.07. The van der Waals surface area contributed by atoms with E-state index < -0.39 is 18.2 Å². The maximum absolute atomic E-state index is 15.0. The second-order valence-electron chi connectivity index (χ2n) is 6.40. The lowest BCUT2D eigenvalue weighted by molar-refractivity contribution is -0.274. The van der Waals surface area contributed by atoms with Crippen LogP contribution in [0.1, 0.15) is 22.7 Å². The minimum Gasteiger partial charge on any atom is -0.406 e. The lowest BCUT2D eigenvalue weighted by atomic mass is 9.94. The van der Waals surface area contributed by atoms with Gasteiger partial charge in [-0.15, -0.1) is 13.2 Å². The average molecular weight is 403 g/mol. The van der Waals surface area contributed by atoms with Crippen LogP contribution in [-0.4, -0.2) is 37.4 Å². The van der Waals surface area contributed by atoms with Gasteiger partial charge in [-0.2, -0.15) is 0 Å². The quantitative estimate of drug-likeness (QED) is 0.751. The van der Waals surface area contributed by atoms with E-state index in [1.165, 1.54) is 24.3 Å². The summed E-state index contributed by atoms with van der Waals surface area (Å²) in [5.74, 6) is -0.720. The number of ether oxygens (including phenoxy) is 1. The van der Waals surface area contributed by atoms with Crippen molar-refractivity contribution >= 4 is 11.6 Å². The van der Waals surface area contributed by atoms with Gasteiger partial charge in [0.1, 0.15) is 11.6 Å². The molecule has 0 radical (unpaired) electrons. The minimum absolute atomic E-state index is 0.289. The van der Waals surface area contributed by atoms with Gasteiger partial charge in [0.25, 0.3) is 0 Å². The van der Waals surface area contributed by atoms with Crippen LogP contribution in [0.25, 0.3) is 0 Å². The summed E-state index contributed by atoms with van der Waals surface area (Å²) in [5.41, 5.74) is 1.45. The third-order valence-electron chi connectivity index (χ3n) is 4.54. The van der Waals surface area contributed by atoms with Crippen molar-refractivity contribution < 1.29 is 22.3 Å². The highest BCUT2D eigenvalue weighted by Gasteiger charge is 2.32. The van der Waals surface area contributed by atoms with Gasteiger partial charge in [0, 0.05) is 36.8 Å². The van der Waals surface area contributed by atoms with Crippen LogP contribution in [0.3, 0.4) is 0 Å². The summed E-state index contributed by atoms with van der Waals surface area (Å²) in [6.07, 6.45) is -4.76. The topological polar surface area (TPSA) is 24.5 Å². The summed E-state index contributed by atoms with van der Waals surface area (Å²) in [6.45, 7) is 4.45. The van der Waals surface area contributed by atoms with E-state index >= 15 is 0 Å². The molecule has 0 aromatic heterocycles. The predicted molar refractivity (Wildman–Crippen MR) is 95.6 cm³/mol. The molecule has 0 aliphatic carbocycles. The largest absolute Gasteiger partial charge is 0.573 e. The fourth-order valence-electron chi connectivity index (χ4n) is 3.28.